The van der Waals surface area contributed by atoms with Crippen molar-refractivity contribution in [1.29, 1.82) is 0 Å². The highest BCUT2D eigenvalue weighted by atomic mass is 32.1. The molecule has 126 valence electrons. The summed E-state index contributed by atoms with van der Waals surface area (Å²) in [5.41, 5.74) is 0. The van der Waals surface area contributed by atoms with Crippen molar-refractivity contribution < 1.29 is 9.90 Å². The molecule has 0 saturated carbocycles. The van der Waals surface area contributed by atoms with Gasteiger partial charge in [-0.15, -0.1) is 0 Å². The van der Waals surface area contributed by atoms with Crippen LogP contribution in [-0.2, 0) is 4.79 Å². The van der Waals surface area contributed by atoms with Gasteiger partial charge in [0.25, 0.3) is 0 Å². The molecule has 3 heteroatoms. The van der Waals surface area contributed by atoms with Crippen LogP contribution in [0, 0.1) is 0 Å². The molecule has 0 amide bonds. The first-order valence-corrected chi connectivity index (χ1v) is 9.73. The van der Waals surface area contributed by atoms with Crippen molar-refractivity contribution in [2.24, 2.45) is 0 Å². The summed E-state index contributed by atoms with van der Waals surface area (Å²) in [6.07, 6.45) is 19.9. The Balaban J connectivity index is 2.95. The minimum Gasteiger partial charge on any atom is -0.481 e. The molecule has 0 rings (SSSR count). The van der Waals surface area contributed by atoms with Crippen LogP contribution in [0.5, 0.6) is 0 Å². The van der Waals surface area contributed by atoms with Crippen LogP contribution >= 0.6 is 12.6 Å². The Morgan fingerprint density at radius 1 is 0.571 bits per heavy atom. The maximum absolute atomic E-state index is 10.3. The van der Waals surface area contributed by atoms with Gasteiger partial charge in [-0.3, -0.25) is 4.79 Å². The molecule has 0 atom stereocenters. The summed E-state index contributed by atoms with van der Waals surface area (Å²) in [7, 11) is 0. The van der Waals surface area contributed by atoms with Crippen LogP contribution in [0.25, 0.3) is 0 Å². The van der Waals surface area contributed by atoms with Crippen molar-refractivity contribution in [2.75, 3.05) is 5.75 Å². The van der Waals surface area contributed by atoms with Gasteiger partial charge < -0.3 is 5.11 Å². The molecule has 0 unspecified atom stereocenters. The molecule has 2 nitrogen and oxygen atoms in total. The van der Waals surface area contributed by atoms with Gasteiger partial charge in [0.15, 0.2) is 0 Å². The van der Waals surface area contributed by atoms with E-state index in [1.54, 1.807) is 0 Å². The van der Waals surface area contributed by atoms with Crippen molar-refractivity contribution in [3.63, 3.8) is 0 Å². The van der Waals surface area contributed by atoms with E-state index in [1.165, 1.54) is 83.5 Å². The lowest BCUT2D eigenvalue weighted by Gasteiger charge is -2.03. The molecule has 0 aromatic heterocycles. The van der Waals surface area contributed by atoms with E-state index < -0.39 is 5.97 Å². The van der Waals surface area contributed by atoms with Crippen LogP contribution < -0.4 is 0 Å². The Morgan fingerprint density at radius 3 is 1.14 bits per heavy atom. The second-order valence-electron chi connectivity index (χ2n) is 6.17. The third-order valence-corrected chi connectivity index (χ3v) is 4.36. The third kappa shape index (κ3) is 19.8. The number of aliphatic carboxylic acids is 1. The molecule has 1 N–H and O–H groups in total. The van der Waals surface area contributed by atoms with Gasteiger partial charge in [-0.1, -0.05) is 83.5 Å². The molecule has 0 heterocycles. The van der Waals surface area contributed by atoms with Gasteiger partial charge in [-0.25, -0.2) is 0 Å². The molecule has 0 radical (unpaired) electrons. The summed E-state index contributed by atoms with van der Waals surface area (Å²) in [6.45, 7) is 0. The van der Waals surface area contributed by atoms with Crippen molar-refractivity contribution >= 4 is 18.6 Å². The van der Waals surface area contributed by atoms with Crippen LogP contribution in [0.2, 0.25) is 0 Å². The van der Waals surface area contributed by atoms with E-state index in [-0.39, 0.29) is 0 Å². The van der Waals surface area contributed by atoms with Gasteiger partial charge in [-0.05, 0) is 18.6 Å². The molecule has 0 bridgehead atoms. The highest BCUT2D eigenvalue weighted by molar-refractivity contribution is 7.80. The first-order valence-electron chi connectivity index (χ1n) is 9.10. The van der Waals surface area contributed by atoms with Crippen LogP contribution in [0.15, 0.2) is 0 Å². The number of carbonyl (C=O) groups is 1. The molecule has 0 aromatic rings. The second kappa shape index (κ2) is 17.9. The molecular formula is C18H36O2S. The fraction of sp³-hybridized carbons (Fsp3) is 0.944. The standard InChI is InChI=1S/C18H36O2S/c19-18(20)16-14-12-10-8-6-4-2-1-3-5-7-9-11-13-15-17-21/h21H,1-17H2,(H,19,20). The van der Waals surface area contributed by atoms with E-state index in [2.05, 4.69) is 12.6 Å². The van der Waals surface area contributed by atoms with E-state index >= 15 is 0 Å². The molecule has 0 aliphatic heterocycles. The van der Waals surface area contributed by atoms with Crippen LogP contribution in [0.4, 0.5) is 0 Å². The van der Waals surface area contributed by atoms with Crippen molar-refractivity contribution in [2.45, 2.75) is 103 Å². The Kier molecular flexibility index (Phi) is 17.7. The maximum Gasteiger partial charge on any atom is 0.303 e. The second-order valence-corrected chi connectivity index (χ2v) is 6.62. The molecule has 0 saturated heterocycles. The van der Waals surface area contributed by atoms with Gasteiger partial charge in [0.05, 0.1) is 0 Å². The molecule has 21 heavy (non-hydrogen) atoms. The molecule has 0 aromatic carbocycles. The normalized spacial score (nSPS) is 10.9. The van der Waals surface area contributed by atoms with Crippen LogP contribution in [0.1, 0.15) is 103 Å². The van der Waals surface area contributed by atoms with E-state index in [9.17, 15) is 4.79 Å². The number of hydrogen-bond donors (Lipinski definition) is 2. The van der Waals surface area contributed by atoms with Gasteiger partial charge in [0.1, 0.15) is 0 Å². The third-order valence-electron chi connectivity index (χ3n) is 4.05. The number of hydrogen-bond acceptors (Lipinski definition) is 2. The average molecular weight is 317 g/mol. The van der Waals surface area contributed by atoms with Gasteiger partial charge in [0, 0.05) is 6.42 Å². The Hall–Kier alpha value is -0.180. The van der Waals surface area contributed by atoms with Gasteiger partial charge >= 0.3 is 5.97 Å². The van der Waals surface area contributed by atoms with Crippen molar-refractivity contribution in [3.8, 4) is 0 Å². The van der Waals surface area contributed by atoms with Crippen LogP contribution in [0.3, 0.4) is 0 Å². The summed E-state index contributed by atoms with van der Waals surface area (Å²) in [6, 6.07) is 0. The quantitative estimate of drug-likeness (QED) is 0.246. The maximum atomic E-state index is 10.3. The molecular weight excluding hydrogens is 280 g/mol. The van der Waals surface area contributed by atoms with E-state index in [0.29, 0.717) is 6.42 Å². The largest absolute Gasteiger partial charge is 0.481 e. The number of rotatable bonds is 17. The fourth-order valence-corrected chi connectivity index (χ4v) is 2.91. The minimum atomic E-state index is -0.656. The number of carboxylic acids is 1. The summed E-state index contributed by atoms with van der Waals surface area (Å²) >= 11 is 4.23. The zero-order chi connectivity index (χ0) is 15.6. The van der Waals surface area contributed by atoms with E-state index in [1.807, 2.05) is 0 Å². The number of thiol groups is 1. The first kappa shape index (κ1) is 20.8. The topological polar surface area (TPSA) is 37.3 Å². The zero-order valence-corrected chi connectivity index (χ0v) is 14.7. The van der Waals surface area contributed by atoms with Gasteiger partial charge in [-0.2, -0.15) is 12.6 Å². The van der Waals surface area contributed by atoms with Crippen molar-refractivity contribution in [1.82, 2.24) is 0 Å². The summed E-state index contributed by atoms with van der Waals surface area (Å²) in [4.78, 5) is 10.3. The predicted octanol–water partition coefficient (Wildman–Crippen LogP) is 6.24. The smallest absolute Gasteiger partial charge is 0.303 e. The Morgan fingerprint density at radius 2 is 0.857 bits per heavy atom. The van der Waals surface area contributed by atoms with Crippen LogP contribution in [-0.4, -0.2) is 16.8 Å². The van der Waals surface area contributed by atoms with E-state index in [4.69, 9.17) is 5.11 Å². The number of carboxylic acid groups (broad SMARTS) is 1. The molecule has 0 aliphatic rings. The van der Waals surface area contributed by atoms with E-state index in [0.717, 1.165) is 18.6 Å². The Labute approximate surface area is 137 Å². The average Bonchev–Trinajstić information content (AvgIpc) is 2.46. The molecule has 0 aliphatic carbocycles. The Bertz CT molecular complexity index is 219. The predicted molar refractivity (Wildman–Crippen MR) is 95.4 cm³/mol. The monoisotopic (exact) mass is 316 g/mol. The minimum absolute atomic E-state index is 0.342. The van der Waals surface area contributed by atoms with Gasteiger partial charge in [0.2, 0.25) is 0 Å². The zero-order valence-electron chi connectivity index (χ0n) is 13.8. The molecule has 0 spiro atoms. The lowest BCUT2D eigenvalue weighted by Crippen LogP contribution is -1.93. The summed E-state index contributed by atoms with van der Waals surface area (Å²) in [5.74, 6) is 0.385. The SMILES string of the molecule is O=C(O)CCCCCCCCCCCCCCCCCS. The molecule has 0 fully saturated rings. The first-order chi connectivity index (χ1) is 10.3. The summed E-state index contributed by atoms with van der Waals surface area (Å²) in [5, 5.41) is 8.53. The van der Waals surface area contributed by atoms with Crippen molar-refractivity contribution in [3.05, 3.63) is 0 Å². The fourth-order valence-electron chi connectivity index (χ4n) is 2.69. The lowest BCUT2D eigenvalue weighted by molar-refractivity contribution is -0.137. The highest BCUT2D eigenvalue weighted by Crippen LogP contribution is 2.13. The number of unbranched alkanes of at least 4 members (excludes halogenated alkanes) is 14. The highest BCUT2D eigenvalue weighted by Gasteiger charge is 1.97. The summed E-state index contributed by atoms with van der Waals surface area (Å²) < 4.78 is 0. The lowest BCUT2D eigenvalue weighted by atomic mass is 10.0.